The molecule has 17 heavy (non-hydrogen) atoms. The van der Waals surface area contributed by atoms with Crippen LogP contribution < -0.4 is 5.32 Å². The molecule has 3 heteroatoms. The topological polar surface area (TPSA) is 29.1 Å². The summed E-state index contributed by atoms with van der Waals surface area (Å²) in [7, 11) is 0. The number of rotatable bonds is 5. The first-order valence-corrected chi connectivity index (χ1v) is 6.64. The minimum atomic E-state index is 0.131. The lowest BCUT2D eigenvalue weighted by Gasteiger charge is -2.05. The molecule has 0 saturated heterocycles. The van der Waals surface area contributed by atoms with Gasteiger partial charge in [-0.15, -0.1) is 0 Å². The smallest absolute Gasteiger partial charge is 0.223 e. The number of benzene rings is 1. The summed E-state index contributed by atoms with van der Waals surface area (Å²) >= 11 is 6.12. The molecule has 1 aromatic carbocycles. The minimum Gasteiger partial charge on any atom is -0.356 e. The maximum Gasteiger partial charge on any atom is 0.223 e. The molecule has 1 aliphatic rings. The van der Waals surface area contributed by atoms with Crippen LogP contribution in [0.2, 0.25) is 5.02 Å². The molecule has 0 aliphatic heterocycles. The number of carbonyl (C=O) groups excluding carboxylic acids is 1. The number of nitrogens with one attached hydrogen (secondary N) is 1. The van der Waals surface area contributed by atoms with E-state index in [1.165, 1.54) is 0 Å². The molecule has 1 amide bonds. The van der Waals surface area contributed by atoms with Gasteiger partial charge in [0.05, 0.1) is 0 Å². The fraction of sp³-hybridized carbons (Fsp3) is 0.500. The summed E-state index contributed by atoms with van der Waals surface area (Å²) in [6, 6.07) is 7.81. The molecule has 0 bridgehead atoms. The molecule has 2 atom stereocenters. The van der Waals surface area contributed by atoms with Gasteiger partial charge in [0.1, 0.15) is 0 Å². The van der Waals surface area contributed by atoms with Crippen molar-refractivity contribution in [3.63, 3.8) is 0 Å². The van der Waals surface area contributed by atoms with Crippen molar-refractivity contribution in [2.24, 2.45) is 5.92 Å². The number of halogens is 1. The van der Waals surface area contributed by atoms with Gasteiger partial charge in [-0.3, -0.25) is 4.79 Å². The van der Waals surface area contributed by atoms with Crippen LogP contribution in [0.5, 0.6) is 0 Å². The number of hydrogen-bond acceptors (Lipinski definition) is 1. The third kappa shape index (κ3) is 3.01. The second kappa shape index (κ2) is 5.54. The minimum absolute atomic E-state index is 0.131. The van der Waals surface area contributed by atoms with Gasteiger partial charge in [-0.05, 0) is 30.4 Å². The third-order valence-electron chi connectivity index (χ3n) is 3.26. The maximum absolute atomic E-state index is 11.8. The summed E-state index contributed by atoms with van der Waals surface area (Å²) in [5.41, 5.74) is 1.12. The van der Waals surface area contributed by atoms with Gasteiger partial charge < -0.3 is 5.32 Å². The van der Waals surface area contributed by atoms with Gasteiger partial charge in [0.25, 0.3) is 0 Å². The van der Waals surface area contributed by atoms with Gasteiger partial charge >= 0.3 is 0 Å². The highest BCUT2D eigenvalue weighted by atomic mass is 35.5. The first-order valence-electron chi connectivity index (χ1n) is 6.26. The van der Waals surface area contributed by atoms with Crippen LogP contribution in [0.25, 0.3) is 0 Å². The normalized spacial score (nSPS) is 22.2. The van der Waals surface area contributed by atoms with Gasteiger partial charge in [0.15, 0.2) is 0 Å². The first kappa shape index (κ1) is 12.4. The van der Waals surface area contributed by atoms with Gasteiger partial charge in [-0.25, -0.2) is 0 Å². The van der Waals surface area contributed by atoms with E-state index in [4.69, 9.17) is 11.6 Å². The van der Waals surface area contributed by atoms with E-state index >= 15 is 0 Å². The molecule has 0 aromatic heterocycles. The standard InChI is InChI=1S/C14H18ClNO/c1-2-3-8-16-14(17)12-9-11(12)10-6-4-5-7-13(10)15/h4-7,11-12H,2-3,8-9H2,1H3,(H,16,17). The summed E-state index contributed by atoms with van der Waals surface area (Å²) < 4.78 is 0. The van der Waals surface area contributed by atoms with E-state index in [2.05, 4.69) is 12.2 Å². The number of carbonyl (C=O) groups is 1. The molecule has 0 heterocycles. The molecule has 0 spiro atoms. The van der Waals surface area contributed by atoms with Crippen LogP contribution in [-0.2, 0) is 4.79 Å². The van der Waals surface area contributed by atoms with Crippen LogP contribution in [0.1, 0.15) is 37.7 Å². The summed E-state index contributed by atoms with van der Waals surface area (Å²) in [5.74, 6) is 0.639. The highest BCUT2D eigenvalue weighted by Crippen LogP contribution is 2.49. The number of hydrogen-bond donors (Lipinski definition) is 1. The average molecular weight is 252 g/mol. The Labute approximate surface area is 107 Å². The molecule has 1 N–H and O–H groups in total. The molecule has 1 aliphatic carbocycles. The van der Waals surface area contributed by atoms with E-state index < -0.39 is 0 Å². The van der Waals surface area contributed by atoms with Crippen molar-refractivity contribution < 1.29 is 4.79 Å². The Morgan fingerprint density at radius 1 is 1.47 bits per heavy atom. The van der Waals surface area contributed by atoms with Crippen molar-refractivity contribution >= 4 is 17.5 Å². The van der Waals surface area contributed by atoms with Crippen LogP contribution in [0.15, 0.2) is 24.3 Å². The zero-order valence-electron chi connectivity index (χ0n) is 10.1. The zero-order valence-corrected chi connectivity index (χ0v) is 10.8. The van der Waals surface area contributed by atoms with E-state index in [1.54, 1.807) is 0 Å². The SMILES string of the molecule is CCCCNC(=O)C1CC1c1ccccc1Cl. The van der Waals surface area contributed by atoms with Crippen molar-refractivity contribution in [1.29, 1.82) is 0 Å². The predicted molar refractivity (Wildman–Crippen MR) is 70.2 cm³/mol. The lowest BCUT2D eigenvalue weighted by Crippen LogP contribution is -2.26. The predicted octanol–water partition coefficient (Wildman–Crippen LogP) is 3.36. The van der Waals surface area contributed by atoms with Crippen LogP contribution in [0.3, 0.4) is 0 Å². The van der Waals surface area contributed by atoms with Gasteiger partial charge in [0.2, 0.25) is 5.91 Å². The van der Waals surface area contributed by atoms with Crippen molar-refractivity contribution in [2.45, 2.75) is 32.1 Å². The summed E-state index contributed by atoms with van der Waals surface area (Å²) in [4.78, 5) is 11.8. The molecular formula is C14H18ClNO. The van der Waals surface area contributed by atoms with Crippen molar-refractivity contribution in [2.75, 3.05) is 6.54 Å². The largest absolute Gasteiger partial charge is 0.356 e. The van der Waals surface area contributed by atoms with Crippen LogP contribution in [-0.4, -0.2) is 12.5 Å². The average Bonchev–Trinajstić information content (AvgIpc) is 3.10. The molecular weight excluding hydrogens is 234 g/mol. The molecule has 2 rings (SSSR count). The second-order valence-corrected chi connectivity index (χ2v) is 5.02. The molecule has 1 saturated carbocycles. The highest BCUT2D eigenvalue weighted by Gasteiger charge is 2.44. The molecule has 1 fully saturated rings. The van der Waals surface area contributed by atoms with Crippen molar-refractivity contribution in [1.82, 2.24) is 5.32 Å². The maximum atomic E-state index is 11.8. The Kier molecular flexibility index (Phi) is 4.06. The summed E-state index contributed by atoms with van der Waals surface area (Å²) in [5, 5.41) is 3.76. The van der Waals surface area contributed by atoms with E-state index in [1.807, 2.05) is 24.3 Å². The first-order chi connectivity index (χ1) is 8.24. The fourth-order valence-electron chi connectivity index (χ4n) is 2.12. The summed E-state index contributed by atoms with van der Waals surface area (Å²) in [6.45, 7) is 2.91. The number of unbranched alkanes of at least 4 members (excludes halogenated alkanes) is 1. The van der Waals surface area contributed by atoms with E-state index in [0.29, 0.717) is 5.92 Å². The fourth-order valence-corrected chi connectivity index (χ4v) is 2.40. The Bertz CT molecular complexity index is 405. The molecule has 2 nitrogen and oxygen atoms in total. The number of amides is 1. The van der Waals surface area contributed by atoms with Gasteiger partial charge in [-0.2, -0.15) is 0 Å². The Balaban J connectivity index is 1.88. The monoisotopic (exact) mass is 251 g/mol. The van der Waals surface area contributed by atoms with Crippen LogP contribution in [0.4, 0.5) is 0 Å². The van der Waals surface area contributed by atoms with E-state index in [0.717, 1.165) is 36.4 Å². The highest BCUT2D eigenvalue weighted by molar-refractivity contribution is 6.31. The van der Waals surface area contributed by atoms with Crippen molar-refractivity contribution in [3.05, 3.63) is 34.9 Å². The van der Waals surface area contributed by atoms with Gasteiger partial charge in [0, 0.05) is 17.5 Å². The molecule has 1 aromatic rings. The zero-order chi connectivity index (χ0) is 12.3. The molecule has 0 radical (unpaired) electrons. The van der Waals surface area contributed by atoms with Crippen LogP contribution in [0, 0.1) is 5.92 Å². The lowest BCUT2D eigenvalue weighted by atomic mass is 10.1. The van der Waals surface area contributed by atoms with Crippen LogP contribution >= 0.6 is 11.6 Å². The molecule has 92 valence electrons. The second-order valence-electron chi connectivity index (χ2n) is 4.61. The van der Waals surface area contributed by atoms with Crippen molar-refractivity contribution in [3.8, 4) is 0 Å². The Hall–Kier alpha value is -1.02. The van der Waals surface area contributed by atoms with E-state index in [9.17, 15) is 4.79 Å². The van der Waals surface area contributed by atoms with E-state index in [-0.39, 0.29) is 11.8 Å². The third-order valence-corrected chi connectivity index (χ3v) is 3.61. The lowest BCUT2D eigenvalue weighted by molar-refractivity contribution is -0.122. The molecule has 2 unspecified atom stereocenters. The summed E-state index contributed by atoms with van der Waals surface area (Å²) in [6.07, 6.45) is 3.09. The Morgan fingerprint density at radius 3 is 2.94 bits per heavy atom. The Morgan fingerprint density at radius 2 is 2.24 bits per heavy atom. The quantitative estimate of drug-likeness (QED) is 0.799. The van der Waals surface area contributed by atoms with Gasteiger partial charge in [-0.1, -0.05) is 43.1 Å².